The number of aliphatic hydroxyl groups is 1. The molecule has 2 aliphatic heterocycles. The highest BCUT2D eigenvalue weighted by atomic mass is 16.3. The first kappa shape index (κ1) is 17.7. The Bertz CT molecular complexity index is 611. The fraction of sp³-hybridized carbons (Fsp3) is 0.556. The van der Waals surface area contributed by atoms with Crippen LogP contribution in [0.25, 0.3) is 0 Å². The second-order valence-corrected chi connectivity index (χ2v) is 6.74. The minimum atomic E-state index is -0.156. The average Bonchev–Trinajstić information content (AvgIpc) is 2.97. The molecule has 2 saturated heterocycles. The van der Waals surface area contributed by atoms with Gasteiger partial charge in [0.2, 0.25) is 5.91 Å². The summed E-state index contributed by atoms with van der Waals surface area (Å²) >= 11 is 0. The first-order valence-corrected chi connectivity index (χ1v) is 8.82. The maximum Gasteiger partial charge on any atom is 0.317 e. The number of hydrogen-bond acceptors (Lipinski definition) is 4. The summed E-state index contributed by atoms with van der Waals surface area (Å²) in [5.41, 5.74) is 2.03. The highest BCUT2D eigenvalue weighted by Crippen LogP contribution is 2.22. The van der Waals surface area contributed by atoms with Gasteiger partial charge in [-0.2, -0.15) is 0 Å². The second-order valence-electron chi connectivity index (χ2n) is 6.74. The number of carbonyl (C=O) groups excluding carboxylic acids is 2. The summed E-state index contributed by atoms with van der Waals surface area (Å²) in [6.07, 6.45) is 0.337. The number of carbonyl (C=O) groups is 2. The number of piperazine rings is 1. The number of urea groups is 1. The van der Waals surface area contributed by atoms with Gasteiger partial charge in [-0.25, -0.2) is 4.79 Å². The van der Waals surface area contributed by atoms with E-state index in [4.69, 9.17) is 5.11 Å². The molecule has 1 aromatic carbocycles. The van der Waals surface area contributed by atoms with E-state index in [1.807, 2.05) is 31.2 Å². The zero-order chi connectivity index (χ0) is 17.8. The maximum atomic E-state index is 12.4. The molecule has 2 aliphatic rings. The van der Waals surface area contributed by atoms with E-state index in [0.717, 1.165) is 24.3 Å². The maximum absolute atomic E-state index is 12.4. The van der Waals surface area contributed by atoms with Crippen LogP contribution in [0.15, 0.2) is 24.3 Å². The predicted octanol–water partition coefficient (Wildman–Crippen LogP) is 0.420. The van der Waals surface area contributed by atoms with Gasteiger partial charge in [-0.05, 0) is 19.1 Å². The fourth-order valence-electron chi connectivity index (χ4n) is 3.36. The van der Waals surface area contributed by atoms with E-state index in [1.165, 1.54) is 0 Å². The highest BCUT2D eigenvalue weighted by Gasteiger charge is 2.33. The summed E-state index contributed by atoms with van der Waals surface area (Å²) in [5, 5.41) is 12.0. The highest BCUT2D eigenvalue weighted by molar-refractivity contribution is 5.96. The number of benzene rings is 1. The van der Waals surface area contributed by atoms with E-state index < -0.39 is 0 Å². The van der Waals surface area contributed by atoms with Crippen LogP contribution in [-0.2, 0) is 4.79 Å². The predicted molar refractivity (Wildman–Crippen MR) is 95.6 cm³/mol. The van der Waals surface area contributed by atoms with Crippen LogP contribution >= 0.6 is 0 Å². The molecule has 25 heavy (non-hydrogen) atoms. The third-order valence-electron chi connectivity index (χ3n) is 4.87. The molecule has 3 rings (SSSR count). The van der Waals surface area contributed by atoms with Crippen LogP contribution in [0.3, 0.4) is 0 Å². The molecule has 1 aromatic rings. The fourth-order valence-corrected chi connectivity index (χ4v) is 3.36. The Kier molecular flexibility index (Phi) is 5.55. The number of nitrogens with one attached hydrogen (secondary N) is 1. The molecule has 3 amide bonds. The number of amides is 3. The number of aryl methyl sites for hydroxylation is 1. The van der Waals surface area contributed by atoms with Crippen LogP contribution in [0.4, 0.5) is 10.5 Å². The molecule has 0 saturated carbocycles. The molecule has 2 fully saturated rings. The monoisotopic (exact) mass is 346 g/mol. The number of rotatable bonds is 4. The summed E-state index contributed by atoms with van der Waals surface area (Å²) in [4.78, 5) is 30.4. The molecule has 0 aromatic heterocycles. The third-order valence-corrected chi connectivity index (χ3v) is 4.87. The van der Waals surface area contributed by atoms with Gasteiger partial charge in [-0.15, -0.1) is 0 Å². The Hall–Kier alpha value is -2.12. The first-order chi connectivity index (χ1) is 12.1. The van der Waals surface area contributed by atoms with Crippen molar-refractivity contribution in [2.45, 2.75) is 19.4 Å². The Balaban J connectivity index is 1.51. The smallest absolute Gasteiger partial charge is 0.317 e. The van der Waals surface area contributed by atoms with Gasteiger partial charge in [0.1, 0.15) is 0 Å². The zero-order valence-corrected chi connectivity index (χ0v) is 14.6. The normalized spacial score (nSPS) is 21.7. The molecule has 0 bridgehead atoms. The van der Waals surface area contributed by atoms with E-state index >= 15 is 0 Å². The SMILES string of the molecule is Cc1ccc(N2CC(NC(=O)N3CCN(CCO)CC3)CC2=O)cc1. The molecule has 1 unspecified atom stereocenters. The van der Waals surface area contributed by atoms with Crippen molar-refractivity contribution < 1.29 is 14.7 Å². The molecule has 7 heteroatoms. The lowest BCUT2D eigenvalue weighted by molar-refractivity contribution is -0.117. The first-order valence-electron chi connectivity index (χ1n) is 8.82. The van der Waals surface area contributed by atoms with Gasteiger partial charge in [-0.3, -0.25) is 9.69 Å². The van der Waals surface area contributed by atoms with Crippen LogP contribution in [0.5, 0.6) is 0 Å². The van der Waals surface area contributed by atoms with Crippen LogP contribution in [0.1, 0.15) is 12.0 Å². The van der Waals surface area contributed by atoms with Crippen molar-refractivity contribution >= 4 is 17.6 Å². The van der Waals surface area contributed by atoms with Gasteiger partial charge < -0.3 is 20.2 Å². The van der Waals surface area contributed by atoms with Crippen LogP contribution in [-0.4, -0.2) is 78.8 Å². The van der Waals surface area contributed by atoms with Crippen molar-refractivity contribution in [2.24, 2.45) is 0 Å². The van der Waals surface area contributed by atoms with E-state index in [0.29, 0.717) is 32.6 Å². The minimum absolute atomic E-state index is 0.0434. The summed E-state index contributed by atoms with van der Waals surface area (Å²) < 4.78 is 0. The Morgan fingerprint density at radius 3 is 2.52 bits per heavy atom. The molecule has 2 N–H and O–H groups in total. The van der Waals surface area contributed by atoms with Gasteiger partial charge in [0, 0.05) is 51.4 Å². The van der Waals surface area contributed by atoms with E-state index in [9.17, 15) is 9.59 Å². The molecular weight excluding hydrogens is 320 g/mol. The number of hydrogen-bond donors (Lipinski definition) is 2. The molecule has 7 nitrogen and oxygen atoms in total. The molecular formula is C18H26N4O3. The lowest BCUT2D eigenvalue weighted by Crippen LogP contribution is -2.54. The zero-order valence-electron chi connectivity index (χ0n) is 14.6. The minimum Gasteiger partial charge on any atom is -0.395 e. The van der Waals surface area contributed by atoms with Crippen molar-refractivity contribution in [3.05, 3.63) is 29.8 Å². The lowest BCUT2D eigenvalue weighted by Gasteiger charge is -2.34. The molecule has 136 valence electrons. The third kappa shape index (κ3) is 4.29. The largest absolute Gasteiger partial charge is 0.395 e. The van der Waals surface area contributed by atoms with Gasteiger partial charge in [-0.1, -0.05) is 17.7 Å². The summed E-state index contributed by atoms with van der Waals surface area (Å²) in [5.74, 6) is 0.0434. The summed E-state index contributed by atoms with van der Waals surface area (Å²) in [7, 11) is 0. The standard InChI is InChI=1S/C18H26N4O3/c1-14-2-4-16(5-3-14)22-13-15(12-17(22)24)19-18(25)21-8-6-20(7-9-21)10-11-23/h2-5,15,23H,6-13H2,1H3,(H,19,25). The van der Waals surface area contributed by atoms with E-state index in [1.54, 1.807) is 9.80 Å². The van der Waals surface area contributed by atoms with E-state index in [-0.39, 0.29) is 24.6 Å². The molecule has 0 spiro atoms. The molecule has 0 aliphatic carbocycles. The Morgan fingerprint density at radius 1 is 1.20 bits per heavy atom. The molecule has 1 atom stereocenters. The van der Waals surface area contributed by atoms with Crippen molar-refractivity contribution in [3.8, 4) is 0 Å². The van der Waals surface area contributed by atoms with Crippen LogP contribution < -0.4 is 10.2 Å². The van der Waals surface area contributed by atoms with Gasteiger partial charge in [0.05, 0.1) is 12.6 Å². The quantitative estimate of drug-likeness (QED) is 0.828. The van der Waals surface area contributed by atoms with Gasteiger partial charge >= 0.3 is 6.03 Å². The van der Waals surface area contributed by atoms with Crippen LogP contribution in [0, 0.1) is 6.92 Å². The van der Waals surface area contributed by atoms with Gasteiger partial charge in [0.15, 0.2) is 0 Å². The lowest BCUT2D eigenvalue weighted by atomic mass is 10.2. The second kappa shape index (κ2) is 7.84. The van der Waals surface area contributed by atoms with Crippen molar-refractivity contribution in [1.29, 1.82) is 0 Å². The average molecular weight is 346 g/mol. The van der Waals surface area contributed by atoms with Gasteiger partial charge in [0.25, 0.3) is 0 Å². The van der Waals surface area contributed by atoms with Crippen LogP contribution in [0.2, 0.25) is 0 Å². The topological polar surface area (TPSA) is 76.1 Å². The number of anilines is 1. The number of β-amino-alcohol motifs (C(OH)–C–C–N with tert-alkyl or cyclic N) is 1. The number of nitrogens with zero attached hydrogens (tertiary/aromatic N) is 3. The number of aliphatic hydroxyl groups excluding tert-OH is 1. The Morgan fingerprint density at radius 2 is 1.88 bits per heavy atom. The van der Waals surface area contributed by atoms with Crippen molar-refractivity contribution in [1.82, 2.24) is 15.1 Å². The van der Waals surface area contributed by atoms with Crippen molar-refractivity contribution in [2.75, 3.05) is 50.8 Å². The molecule has 0 radical (unpaired) electrons. The Labute approximate surface area is 148 Å². The molecule has 2 heterocycles. The summed E-state index contributed by atoms with van der Waals surface area (Å²) in [6, 6.07) is 7.60. The summed E-state index contributed by atoms with van der Waals surface area (Å²) in [6.45, 7) is 6.16. The van der Waals surface area contributed by atoms with E-state index in [2.05, 4.69) is 10.2 Å². The van der Waals surface area contributed by atoms with Crippen molar-refractivity contribution in [3.63, 3.8) is 0 Å².